The van der Waals surface area contributed by atoms with Crippen LogP contribution in [-0.4, -0.2) is 35.7 Å². The fraction of sp³-hybridized carbons (Fsp3) is 0.583. The van der Waals surface area contributed by atoms with Gasteiger partial charge in [0.1, 0.15) is 5.82 Å². The maximum Gasteiger partial charge on any atom is 0.140 e. The number of pyridine rings is 1. The van der Waals surface area contributed by atoms with Gasteiger partial charge in [0, 0.05) is 32.4 Å². The summed E-state index contributed by atoms with van der Waals surface area (Å²) >= 11 is 0. The van der Waals surface area contributed by atoms with Gasteiger partial charge in [-0.05, 0) is 31.0 Å². The number of nitrogens with zero attached hydrogens (tertiary/aromatic N) is 2. The van der Waals surface area contributed by atoms with Crippen molar-refractivity contribution in [2.24, 2.45) is 5.84 Å². The van der Waals surface area contributed by atoms with Crippen molar-refractivity contribution in [3.63, 3.8) is 0 Å². The van der Waals surface area contributed by atoms with Gasteiger partial charge in [0.2, 0.25) is 0 Å². The molecule has 0 amide bonds. The van der Waals surface area contributed by atoms with Gasteiger partial charge in [-0.15, -0.1) is 0 Å². The molecule has 0 saturated carbocycles. The third-order valence-corrected chi connectivity index (χ3v) is 2.91. The van der Waals surface area contributed by atoms with Crippen LogP contribution in [0.15, 0.2) is 18.3 Å². The summed E-state index contributed by atoms with van der Waals surface area (Å²) < 4.78 is 5.63. The van der Waals surface area contributed by atoms with Crippen LogP contribution >= 0.6 is 0 Å². The molecule has 5 heteroatoms. The first-order valence-electron chi connectivity index (χ1n) is 6.03. The minimum atomic E-state index is 0.312. The van der Waals surface area contributed by atoms with E-state index in [0.717, 1.165) is 32.7 Å². The zero-order chi connectivity index (χ0) is 12.1. The van der Waals surface area contributed by atoms with Crippen LogP contribution in [0.1, 0.15) is 18.9 Å². The fourth-order valence-electron chi connectivity index (χ4n) is 2.13. The lowest BCUT2D eigenvalue weighted by molar-refractivity contribution is 0.0668. The summed E-state index contributed by atoms with van der Waals surface area (Å²) in [5.74, 6) is 6.06. The molecule has 1 saturated heterocycles. The Morgan fingerprint density at radius 1 is 1.65 bits per heavy atom. The van der Waals surface area contributed by atoms with E-state index in [-0.39, 0.29) is 0 Å². The first kappa shape index (κ1) is 12.3. The van der Waals surface area contributed by atoms with Gasteiger partial charge in [0.25, 0.3) is 0 Å². The molecule has 0 spiro atoms. The molecule has 0 radical (unpaired) electrons. The molecule has 5 nitrogen and oxygen atoms in total. The van der Waals surface area contributed by atoms with Gasteiger partial charge in [0.05, 0.1) is 6.10 Å². The highest BCUT2D eigenvalue weighted by Crippen LogP contribution is 2.12. The predicted molar refractivity (Wildman–Crippen MR) is 67.4 cm³/mol. The smallest absolute Gasteiger partial charge is 0.140 e. The van der Waals surface area contributed by atoms with Gasteiger partial charge >= 0.3 is 0 Å². The Morgan fingerprint density at radius 2 is 2.53 bits per heavy atom. The highest BCUT2D eigenvalue weighted by molar-refractivity contribution is 5.35. The molecule has 1 aliphatic heterocycles. The molecule has 1 fully saturated rings. The highest BCUT2D eigenvalue weighted by Gasteiger charge is 2.15. The van der Waals surface area contributed by atoms with Gasteiger partial charge in [-0.2, -0.15) is 0 Å². The highest BCUT2D eigenvalue weighted by atomic mass is 16.5. The van der Waals surface area contributed by atoms with Gasteiger partial charge < -0.3 is 10.2 Å². The van der Waals surface area contributed by atoms with E-state index in [1.165, 1.54) is 5.56 Å². The number of nitrogens with two attached hydrogens (primary N) is 1. The zero-order valence-corrected chi connectivity index (χ0v) is 10.2. The van der Waals surface area contributed by atoms with Crippen LogP contribution in [-0.2, 0) is 11.3 Å². The largest absolute Gasteiger partial charge is 0.377 e. The Labute approximate surface area is 102 Å². The normalized spacial score (nSPS) is 22.1. The van der Waals surface area contributed by atoms with Crippen molar-refractivity contribution in [2.45, 2.75) is 26.0 Å². The number of anilines is 1. The van der Waals surface area contributed by atoms with Gasteiger partial charge in [0.15, 0.2) is 0 Å². The fourth-order valence-corrected chi connectivity index (χ4v) is 2.13. The summed E-state index contributed by atoms with van der Waals surface area (Å²) in [7, 11) is 0. The molecule has 0 aromatic carbocycles. The predicted octanol–water partition coefficient (Wildman–Crippen LogP) is 0.978. The third-order valence-electron chi connectivity index (χ3n) is 2.91. The second-order valence-electron chi connectivity index (χ2n) is 4.46. The molecule has 94 valence electrons. The summed E-state index contributed by atoms with van der Waals surface area (Å²) in [5.41, 5.74) is 3.80. The lowest BCUT2D eigenvalue weighted by Crippen LogP contribution is -2.29. The van der Waals surface area contributed by atoms with E-state index in [1.54, 1.807) is 6.20 Å². The van der Waals surface area contributed by atoms with Crippen molar-refractivity contribution in [1.29, 1.82) is 0 Å². The van der Waals surface area contributed by atoms with E-state index in [2.05, 4.69) is 22.2 Å². The number of hydrogen-bond acceptors (Lipinski definition) is 5. The molecule has 1 atom stereocenters. The molecule has 1 unspecified atom stereocenters. The Hall–Kier alpha value is -1.17. The quantitative estimate of drug-likeness (QED) is 0.605. The van der Waals surface area contributed by atoms with Crippen LogP contribution in [0.3, 0.4) is 0 Å². The van der Waals surface area contributed by atoms with Crippen LogP contribution in [0.5, 0.6) is 0 Å². The Morgan fingerprint density at radius 3 is 3.35 bits per heavy atom. The summed E-state index contributed by atoms with van der Waals surface area (Å²) in [4.78, 5) is 6.52. The summed E-state index contributed by atoms with van der Waals surface area (Å²) in [6.07, 6.45) is 3.19. The number of nitrogens with one attached hydrogen (secondary N) is 1. The molecular formula is C12H20N4O. The Balaban J connectivity index is 1.98. The number of hydrazine groups is 1. The number of hydrogen-bond donors (Lipinski definition) is 2. The lowest BCUT2D eigenvalue weighted by atomic mass is 10.2. The molecule has 1 aliphatic rings. The van der Waals surface area contributed by atoms with Crippen LogP contribution < -0.4 is 11.3 Å². The lowest BCUT2D eigenvalue weighted by Gasteiger charge is -2.21. The molecule has 0 aliphatic carbocycles. The van der Waals surface area contributed by atoms with Crippen molar-refractivity contribution in [1.82, 2.24) is 9.88 Å². The number of nitrogen functional groups attached to an aromatic ring is 1. The van der Waals surface area contributed by atoms with Crippen molar-refractivity contribution in [3.05, 3.63) is 23.9 Å². The summed E-state index contributed by atoms with van der Waals surface area (Å²) in [6.45, 7) is 5.97. The van der Waals surface area contributed by atoms with E-state index < -0.39 is 0 Å². The minimum Gasteiger partial charge on any atom is -0.377 e. The van der Waals surface area contributed by atoms with E-state index in [0.29, 0.717) is 11.9 Å². The second kappa shape index (κ2) is 5.95. The van der Waals surface area contributed by atoms with Crippen LogP contribution in [0.2, 0.25) is 0 Å². The second-order valence-corrected chi connectivity index (χ2v) is 4.46. The topological polar surface area (TPSA) is 63.4 Å². The molecule has 1 aromatic heterocycles. The van der Waals surface area contributed by atoms with Crippen molar-refractivity contribution in [2.75, 3.05) is 25.1 Å². The van der Waals surface area contributed by atoms with Crippen molar-refractivity contribution < 1.29 is 4.74 Å². The van der Waals surface area contributed by atoms with E-state index >= 15 is 0 Å². The monoisotopic (exact) mass is 236 g/mol. The van der Waals surface area contributed by atoms with Crippen molar-refractivity contribution >= 4 is 5.82 Å². The number of ether oxygens (including phenoxy) is 1. The first-order chi connectivity index (χ1) is 8.28. The molecule has 2 rings (SSSR count). The summed E-state index contributed by atoms with van der Waals surface area (Å²) in [5, 5.41) is 0. The van der Waals surface area contributed by atoms with Gasteiger partial charge in [-0.25, -0.2) is 10.8 Å². The molecule has 17 heavy (non-hydrogen) atoms. The molecular weight excluding hydrogens is 216 g/mol. The van der Waals surface area contributed by atoms with Crippen LogP contribution in [0.4, 0.5) is 5.82 Å². The average Bonchev–Trinajstić information content (AvgIpc) is 2.54. The van der Waals surface area contributed by atoms with Gasteiger partial charge in [-0.1, -0.05) is 0 Å². The van der Waals surface area contributed by atoms with Gasteiger partial charge in [-0.3, -0.25) is 4.90 Å². The maximum absolute atomic E-state index is 5.63. The van der Waals surface area contributed by atoms with Crippen LogP contribution in [0.25, 0.3) is 0 Å². The zero-order valence-electron chi connectivity index (χ0n) is 10.2. The third kappa shape index (κ3) is 3.66. The molecule has 3 N–H and O–H groups in total. The minimum absolute atomic E-state index is 0.312. The Kier molecular flexibility index (Phi) is 4.30. The van der Waals surface area contributed by atoms with E-state index in [4.69, 9.17) is 10.6 Å². The molecule has 1 aromatic rings. The van der Waals surface area contributed by atoms with Crippen LogP contribution in [0, 0.1) is 0 Å². The summed E-state index contributed by atoms with van der Waals surface area (Å²) in [6, 6.07) is 4.01. The first-order valence-corrected chi connectivity index (χ1v) is 6.03. The molecule has 0 bridgehead atoms. The van der Waals surface area contributed by atoms with Crippen molar-refractivity contribution in [3.8, 4) is 0 Å². The number of aromatic nitrogens is 1. The maximum atomic E-state index is 5.63. The average molecular weight is 236 g/mol. The SMILES string of the molecule is CC1CN(Cc2ccnc(NN)c2)CCCO1. The van der Waals surface area contributed by atoms with E-state index in [9.17, 15) is 0 Å². The Bertz CT molecular complexity index is 358. The molecule has 2 heterocycles. The standard InChI is InChI=1S/C12H20N4O/c1-10-8-16(5-2-6-17-10)9-11-3-4-14-12(7-11)15-13/h3-4,7,10H,2,5-6,8-9,13H2,1H3,(H,14,15). The number of rotatable bonds is 3. The van der Waals surface area contributed by atoms with E-state index in [1.807, 2.05) is 12.1 Å².